The first kappa shape index (κ1) is 18.8. The van der Waals surface area contributed by atoms with Gasteiger partial charge in [-0.15, -0.1) is 0 Å². The first-order chi connectivity index (χ1) is 11.8. The topological polar surface area (TPSA) is 91.2 Å². The molecule has 0 spiro atoms. The Kier molecular flexibility index (Phi) is 6.03. The number of ether oxygens (including phenoxy) is 1. The molecule has 3 N–H and O–H groups in total. The molecule has 0 saturated heterocycles. The van der Waals surface area contributed by atoms with E-state index >= 15 is 0 Å². The van der Waals surface area contributed by atoms with E-state index in [-0.39, 0.29) is 18.1 Å². The maximum absolute atomic E-state index is 11.9. The number of benzene rings is 2. The van der Waals surface area contributed by atoms with Crippen molar-refractivity contribution >= 4 is 28.1 Å². The minimum Gasteiger partial charge on any atom is -0.508 e. The quantitative estimate of drug-likeness (QED) is 0.524. The van der Waals surface area contributed by atoms with E-state index in [1.54, 1.807) is 6.92 Å². The lowest BCUT2D eigenvalue weighted by atomic mass is 10.1. The van der Waals surface area contributed by atoms with Crippen LogP contribution in [0, 0.1) is 20.8 Å². The summed E-state index contributed by atoms with van der Waals surface area (Å²) < 4.78 is 6.32. The Bertz CT molecular complexity index is 788. The number of carbonyl (C=O) groups excluding carboxylic acids is 1. The summed E-state index contributed by atoms with van der Waals surface area (Å²) >= 11 is 3.42. The Morgan fingerprint density at radius 2 is 1.92 bits per heavy atom. The first-order valence-electron chi connectivity index (χ1n) is 7.52. The molecule has 0 heterocycles. The van der Waals surface area contributed by atoms with Crippen LogP contribution in [0.3, 0.4) is 0 Å². The summed E-state index contributed by atoms with van der Waals surface area (Å²) in [5, 5.41) is 23.0. The van der Waals surface area contributed by atoms with E-state index in [0.717, 1.165) is 15.6 Å². The maximum atomic E-state index is 11.9. The highest BCUT2D eigenvalue weighted by Gasteiger charge is 2.09. The van der Waals surface area contributed by atoms with E-state index in [0.29, 0.717) is 16.9 Å². The van der Waals surface area contributed by atoms with Gasteiger partial charge in [0, 0.05) is 11.6 Å². The molecule has 7 heteroatoms. The molecular formula is C18H19BrN2O4. The molecule has 132 valence electrons. The molecule has 0 aromatic heterocycles. The highest BCUT2D eigenvalue weighted by Crippen LogP contribution is 2.30. The molecule has 25 heavy (non-hydrogen) atoms. The van der Waals surface area contributed by atoms with Crippen LogP contribution in [0.2, 0.25) is 0 Å². The summed E-state index contributed by atoms with van der Waals surface area (Å²) in [5.41, 5.74) is 5.40. The Labute approximate surface area is 154 Å². The number of rotatable bonds is 5. The predicted molar refractivity (Wildman–Crippen MR) is 99.4 cm³/mol. The number of nitrogens with zero attached hydrogens (tertiary/aromatic N) is 1. The second-order valence-electron chi connectivity index (χ2n) is 5.67. The predicted octanol–water partition coefficient (Wildman–Crippen LogP) is 3.31. The summed E-state index contributed by atoms with van der Waals surface area (Å²) in [6.07, 6.45) is 1.31. The van der Waals surface area contributed by atoms with Crippen molar-refractivity contribution in [2.24, 2.45) is 5.10 Å². The molecule has 2 aromatic rings. The van der Waals surface area contributed by atoms with Gasteiger partial charge in [-0.2, -0.15) is 5.10 Å². The zero-order chi connectivity index (χ0) is 18.6. The van der Waals surface area contributed by atoms with Gasteiger partial charge >= 0.3 is 0 Å². The van der Waals surface area contributed by atoms with E-state index in [2.05, 4.69) is 26.5 Å². The zero-order valence-electron chi connectivity index (χ0n) is 14.1. The molecule has 2 rings (SSSR count). The lowest BCUT2D eigenvalue weighted by Crippen LogP contribution is -2.25. The van der Waals surface area contributed by atoms with Crippen molar-refractivity contribution in [1.29, 1.82) is 0 Å². The molecule has 0 bridgehead atoms. The average Bonchev–Trinajstić information content (AvgIpc) is 2.48. The lowest BCUT2D eigenvalue weighted by Gasteiger charge is -2.11. The second kappa shape index (κ2) is 8.02. The van der Waals surface area contributed by atoms with E-state index in [9.17, 15) is 15.0 Å². The fourth-order valence-corrected chi connectivity index (χ4v) is 3.14. The largest absolute Gasteiger partial charge is 0.508 e. The van der Waals surface area contributed by atoms with Gasteiger partial charge in [0.25, 0.3) is 5.91 Å². The summed E-state index contributed by atoms with van der Waals surface area (Å²) in [5.74, 6) is 0.0189. The third-order valence-electron chi connectivity index (χ3n) is 3.45. The number of phenolic OH excluding ortho intramolecular Hbond substituents is 2. The Balaban J connectivity index is 1.96. The van der Waals surface area contributed by atoms with Crippen LogP contribution in [0.5, 0.6) is 17.2 Å². The van der Waals surface area contributed by atoms with Crippen LogP contribution < -0.4 is 10.2 Å². The first-order valence-corrected chi connectivity index (χ1v) is 8.31. The molecule has 6 nitrogen and oxygen atoms in total. The van der Waals surface area contributed by atoms with Crippen LogP contribution >= 0.6 is 15.9 Å². The van der Waals surface area contributed by atoms with Gasteiger partial charge in [0.15, 0.2) is 6.61 Å². The van der Waals surface area contributed by atoms with E-state index in [1.807, 2.05) is 26.0 Å². The fourth-order valence-electron chi connectivity index (χ4n) is 2.35. The van der Waals surface area contributed by atoms with Crippen molar-refractivity contribution in [1.82, 2.24) is 5.43 Å². The Morgan fingerprint density at radius 1 is 1.20 bits per heavy atom. The molecule has 0 aliphatic heterocycles. The van der Waals surface area contributed by atoms with Crippen LogP contribution in [-0.4, -0.2) is 28.9 Å². The van der Waals surface area contributed by atoms with Gasteiger partial charge in [-0.3, -0.25) is 4.79 Å². The number of hydrogen-bond acceptors (Lipinski definition) is 5. The Hall–Kier alpha value is -2.54. The third-order valence-corrected chi connectivity index (χ3v) is 4.04. The fraction of sp³-hybridized carbons (Fsp3) is 0.222. The Morgan fingerprint density at radius 3 is 2.56 bits per heavy atom. The van der Waals surface area contributed by atoms with E-state index < -0.39 is 5.91 Å². The van der Waals surface area contributed by atoms with Gasteiger partial charge in [0.1, 0.15) is 17.2 Å². The summed E-state index contributed by atoms with van der Waals surface area (Å²) in [7, 11) is 0. The van der Waals surface area contributed by atoms with Crippen LogP contribution in [0.4, 0.5) is 0 Å². The molecule has 0 aliphatic rings. The van der Waals surface area contributed by atoms with Crippen molar-refractivity contribution in [3.8, 4) is 17.2 Å². The van der Waals surface area contributed by atoms with Gasteiger partial charge in [0.2, 0.25) is 0 Å². The summed E-state index contributed by atoms with van der Waals surface area (Å²) in [6.45, 7) is 5.40. The molecule has 0 aliphatic carbocycles. The number of aryl methyl sites for hydroxylation is 3. The molecular weight excluding hydrogens is 388 g/mol. The number of phenols is 2. The van der Waals surface area contributed by atoms with Crippen molar-refractivity contribution in [3.63, 3.8) is 0 Å². The van der Waals surface area contributed by atoms with Crippen LogP contribution in [0.15, 0.2) is 33.8 Å². The monoisotopic (exact) mass is 406 g/mol. The number of amides is 1. The average molecular weight is 407 g/mol. The van der Waals surface area contributed by atoms with E-state index in [1.165, 1.54) is 18.3 Å². The van der Waals surface area contributed by atoms with Crippen LogP contribution in [-0.2, 0) is 4.79 Å². The minimum absolute atomic E-state index is 0.0383. The molecule has 0 radical (unpaired) electrons. The van der Waals surface area contributed by atoms with Crippen molar-refractivity contribution in [3.05, 3.63) is 51.0 Å². The van der Waals surface area contributed by atoms with Crippen molar-refractivity contribution in [2.45, 2.75) is 20.8 Å². The van der Waals surface area contributed by atoms with Gasteiger partial charge in [-0.25, -0.2) is 5.43 Å². The molecule has 0 fully saturated rings. The molecule has 0 atom stereocenters. The highest BCUT2D eigenvalue weighted by molar-refractivity contribution is 9.10. The van der Waals surface area contributed by atoms with Gasteiger partial charge in [-0.1, -0.05) is 6.07 Å². The number of aromatic hydroxyl groups is 2. The molecule has 1 amide bonds. The van der Waals surface area contributed by atoms with Crippen LogP contribution in [0.25, 0.3) is 0 Å². The van der Waals surface area contributed by atoms with E-state index in [4.69, 9.17) is 4.74 Å². The minimum atomic E-state index is -0.431. The third kappa shape index (κ3) is 4.96. The van der Waals surface area contributed by atoms with Gasteiger partial charge < -0.3 is 14.9 Å². The van der Waals surface area contributed by atoms with Crippen LogP contribution in [0.1, 0.15) is 22.3 Å². The van der Waals surface area contributed by atoms with Gasteiger partial charge in [0.05, 0.1) is 10.7 Å². The molecule has 2 aromatic carbocycles. The molecule has 0 saturated carbocycles. The SMILES string of the molecule is Cc1cc(C)c(OCC(=O)N/N=C\c2c(C)cc(O)cc2O)c(Br)c1. The van der Waals surface area contributed by atoms with Gasteiger partial charge in [-0.05, 0) is 65.5 Å². The smallest absolute Gasteiger partial charge is 0.277 e. The maximum Gasteiger partial charge on any atom is 0.277 e. The number of hydrogen-bond donors (Lipinski definition) is 3. The second-order valence-corrected chi connectivity index (χ2v) is 6.52. The molecule has 0 unspecified atom stereocenters. The summed E-state index contributed by atoms with van der Waals surface area (Å²) in [6, 6.07) is 6.57. The lowest BCUT2D eigenvalue weighted by molar-refractivity contribution is -0.123. The number of hydrazone groups is 1. The zero-order valence-corrected chi connectivity index (χ0v) is 15.7. The summed E-state index contributed by atoms with van der Waals surface area (Å²) in [4.78, 5) is 11.9. The number of nitrogens with one attached hydrogen (secondary N) is 1. The normalized spacial score (nSPS) is 10.9. The van der Waals surface area contributed by atoms with Crippen molar-refractivity contribution < 1.29 is 19.7 Å². The van der Waals surface area contributed by atoms with Crippen molar-refractivity contribution in [2.75, 3.05) is 6.61 Å². The number of carbonyl (C=O) groups is 1. The standard InChI is InChI=1S/C18H19BrN2O4/c1-10-4-12(3)18(15(19)5-10)25-9-17(24)21-20-8-14-11(2)6-13(22)7-16(14)23/h4-8,22-23H,9H2,1-3H3,(H,21,24)/b20-8-. The highest BCUT2D eigenvalue weighted by atomic mass is 79.9. The number of halogens is 1.